The van der Waals surface area contributed by atoms with Crippen molar-refractivity contribution < 1.29 is 4.74 Å². The quantitative estimate of drug-likeness (QED) is 0.390. The van der Waals surface area contributed by atoms with Gasteiger partial charge in [-0.3, -0.25) is 5.10 Å². The molecule has 5 nitrogen and oxygen atoms in total. The van der Waals surface area contributed by atoms with Gasteiger partial charge in [-0.15, -0.1) is 0 Å². The van der Waals surface area contributed by atoms with Crippen molar-refractivity contribution in [3.63, 3.8) is 0 Å². The smallest absolute Gasteiger partial charge is 0.138 e. The van der Waals surface area contributed by atoms with Gasteiger partial charge in [0.05, 0.1) is 11.4 Å². The molecule has 1 atom stereocenters. The van der Waals surface area contributed by atoms with Crippen LogP contribution in [0.5, 0.6) is 0 Å². The van der Waals surface area contributed by atoms with Gasteiger partial charge < -0.3 is 10.6 Å². The number of aromatic nitrogens is 2. The zero-order chi connectivity index (χ0) is 8.97. The van der Waals surface area contributed by atoms with Gasteiger partial charge in [-0.05, 0) is 13.0 Å². The van der Waals surface area contributed by atoms with Crippen molar-refractivity contribution >= 4 is 5.71 Å². The summed E-state index contributed by atoms with van der Waals surface area (Å²) in [4.78, 5) is 0. The minimum absolute atomic E-state index is 0.225. The maximum absolute atomic E-state index is 5.17. The molecule has 0 radical (unpaired) electrons. The molecule has 1 rings (SSSR count). The maximum Gasteiger partial charge on any atom is 0.138 e. The van der Waals surface area contributed by atoms with Gasteiger partial charge in [-0.1, -0.05) is 0 Å². The number of nitrogens with one attached hydrogen (secondary N) is 1. The van der Waals surface area contributed by atoms with Gasteiger partial charge in [0.2, 0.25) is 0 Å². The van der Waals surface area contributed by atoms with Crippen molar-refractivity contribution in [3.05, 3.63) is 18.0 Å². The average Bonchev–Trinajstić information content (AvgIpc) is 2.58. The van der Waals surface area contributed by atoms with E-state index in [2.05, 4.69) is 15.3 Å². The third-order valence-corrected chi connectivity index (χ3v) is 1.62. The lowest BCUT2D eigenvalue weighted by Crippen LogP contribution is -2.13. The summed E-state index contributed by atoms with van der Waals surface area (Å²) in [5.74, 6) is 5.13. The van der Waals surface area contributed by atoms with Crippen LogP contribution in [0.4, 0.5) is 0 Å². The summed E-state index contributed by atoms with van der Waals surface area (Å²) < 4.78 is 5.17. The molecule has 12 heavy (non-hydrogen) atoms. The van der Waals surface area contributed by atoms with E-state index in [0.29, 0.717) is 5.71 Å². The lowest BCUT2D eigenvalue weighted by Gasteiger charge is -2.11. The van der Waals surface area contributed by atoms with Gasteiger partial charge in [0, 0.05) is 13.3 Å². The molecule has 0 bridgehead atoms. The van der Waals surface area contributed by atoms with E-state index in [4.69, 9.17) is 10.6 Å². The van der Waals surface area contributed by atoms with Gasteiger partial charge in [0.1, 0.15) is 6.10 Å². The normalized spacial score (nSPS) is 14.7. The minimum Gasteiger partial charge on any atom is -0.369 e. The summed E-state index contributed by atoms with van der Waals surface area (Å²) >= 11 is 0. The highest BCUT2D eigenvalue weighted by Gasteiger charge is 2.14. The van der Waals surface area contributed by atoms with Crippen molar-refractivity contribution in [2.75, 3.05) is 7.11 Å². The number of H-pyrrole nitrogens is 1. The number of nitrogens with two attached hydrogens (primary N) is 1. The van der Waals surface area contributed by atoms with E-state index in [1.54, 1.807) is 20.2 Å². The van der Waals surface area contributed by atoms with Crippen LogP contribution in [0, 0.1) is 0 Å². The minimum atomic E-state index is -0.225. The molecular weight excluding hydrogens is 156 g/mol. The lowest BCUT2D eigenvalue weighted by atomic mass is 10.2. The molecule has 1 aromatic heterocycles. The van der Waals surface area contributed by atoms with E-state index in [1.807, 2.05) is 6.07 Å². The fourth-order valence-electron chi connectivity index (χ4n) is 1.00. The Morgan fingerprint density at radius 1 is 1.83 bits per heavy atom. The topological polar surface area (TPSA) is 76.3 Å². The summed E-state index contributed by atoms with van der Waals surface area (Å²) in [5.41, 5.74) is 1.56. The second-order valence-corrected chi connectivity index (χ2v) is 2.40. The molecule has 5 heteroatoms. The second kappa shape index (κ2) is 3.87. The van der Waals surface area contributed by atoms with Crippen molar-refractivity contribution in [1.29, 1.82) is 0 Å². The Labute approximate surface area is 70.6 Å². The van der Waals surface area contributed by atoms with Crippen molar-refractivity contribution in [2.45, 2.75) is 13.0 Å². The van der Waals surface area contributed by atoms with Crippen LogP contribution < -0.4 is 5.84 Å². The Kier molecular flexibility index (Phi) is 2.82. The van der Waals surface area contributed by atoms with E-state index < -0.39 is 0 Å². The third-order valence-electron chi connectivity index (χ3n) is 1.62. The third kappa shape index (κ3) is 1.62. The highest BCUT2D eigenvalue weighted by molar-refractivity contribution is 5.86. The molecule has 0 aromatic carbocycles. The highest BCUT2D eigenvalue weighted by atomic mass is 16.5. The van der Waals surface area contributed by atoms with Gasteiger partial charge in [-0.2, -0.15) is 10.2 Å². The second-order valence-electron chi connectivity index (χ2n) is 2.40. The molecule has 0 spiro atoms. The molecule has 3 N–H and O–H groups in total. The number of ether oxygens (including phenoxy) is 1. The first-order valence-electron chi connectivity index (χ1n) is 3.56. The Balaban J connectivity index is 2.84. The molecular formula is C7H12N4O. The fraction of sp³-hybridized carbons (Fsp3) is 0.429. The number of rotatable bonds is 3. The molecule has 1 unspecified atom stereocenters. The lowest BCUT2D eigenvalue weighted by molar-refractivity contribution is 0.153. The Morgan fingerprint density at radius 3 is 3.00 bits per heavy atom. The van der Waals surface area contributed by atoms with E-state index in [1.165, 1.54) is 0 Å². The molecule has 66 valence electrons. The zero-order valence-electron chi connectivity index (χ0n) is 7.11. The molecule has 1 aromatic rings. The Hall–Kier alpha value is -1.36. The number of nitrogens with zero attached hydrogens (tertiary/aromatic N) is 2. The van der Waals surface area contributed by atoms with Crippen LogP contribution in [-0.4, -0.2) is 23.0 Å². The molecule has 0 saturated heterocycles. The van der Waals surface area contributed by atoms with Gasteiger partial charge in [0.15, 0.2) is 0 Å². The fourth-order valence-corrected chi connectivity index (χ4v) is 1.00. The van der Waals surface area contributed by atoms with Crippen molar-refractivity contribution in [3.8, 4) is 0 Å². The summed E-state index contributed by atoms with van der Waals surface area (Å²) in [6, 6.07) is 1.82. The molecule has 0 fully saturated rings. The number of aromatic amines is 1. The SMILES string of the molecule is COC(/C(C)=N\N)c1ccn[nH]1. The summed E-state index contributed by atoms with van der Waals surface area (Å²) in [6.07, 6.45) is 1.43. The van der Waals surface area contributed by atoms with E-state index in [0.717, 1.165) is 5.69 Å². The molecule has 0 aliphatic heterocycles. The van der Waals surface area contributed by atoms with Crippen LogP contribution in [0.15, 0.2) is 17.4 Å². The molecule has 1 heterocycles. The van der Waals surface area contributed by atoms with E-state index >= 15 is 0 Å². The maximum atomic E-state index is 5.17. The summed E-state index contributed by atoms with van der Waals surface area (Å²) in [6.45, 7) is 1.80. The molecule has 0 amide bonds. The molecule has 0 aliphatic carbocycles. The number of methoxy groups -OCH3 is 1. The monoisotopic (exact) mass is 168 g/mol. The van der Waals surface area contributed by atoms with Crippen LogP contribution in [0.25, 0.3) is 0 Å². The standard InChI is InChI=1S/C7H12N4O/c1-5(10-8)7(12-2)6-3-4-9-11-6/h3-4,7H,8H2,1-2H3,(H,9,11)/b10-5-. The number of hydrazone groups is 1. The van der Waals surface area contributed by atoms with E-state index in [-0.39, 0.29) is 6.10 Å². The first-order chi connectivity index (χ1) is 5.79. The summed E-state index contributed by atoms with van der Waals surface area (Å²) in [7, 11) is 1.60. The van der Waals surface area contributed by atoms with Crippen LogP contribution >= 0.6 is 0 Å². The van der Waals surface area contributed by atoms with Crippen LogP contribution in [0.1, 0.15) is 18.7 Å². The Morgan fingerprint density at radius 2 is 2.58 bits per heavy atom. The van der Waals surface area contributed by atoms with Crippen molar-refractivity contribution in [1.82, 2.24) is 10.2 Å². The Bertz CT molecular complexity index is 254. The van der Waals surface area contributed by atoms with Crippen LogP contribution in [0.2, 0.25) is 0 Å². The van der Waals surface area contributed by atoms with Gasteiger partial charge >= 0.3 is 0 Å². The van der Waals surface area contributed by atoms with Gasteiger partial charge in [-0.25, -0.2) is 0 Å². The molecule has 0 aliphatic rings. The van der Waals surface area contributed by atoms with Crippen molar-refractivity contribution in [2.24, 2.45) is 10.9 Å². The molecule has 0 saturated carbocycles. The van der Waals surface area contributed by atoms with Crippen LogP contribution in [-0.2, 0) is 4.74 Å². The van der Waals surface area contributed by atoms with Crippen LogP contribution in [0.3, 0.4) is 0 Å². The zero-order valence-corrected chi connectivity index (χ0v) is 7.11. The first-order valence-corrected chi connectivity index (χ1v) is 3.56. The highest BCUT2D eigenvalue weighted by Crippen LogP contribution is 2.14. The summed E-state index contributed by atoms with van der Waals surface area (Å²) in [5, 5.41) is 10.2. The van der Waals surface area contributed by atoms with Gasteiger partial charge in [0.25, 0.3) is 0 Å². The van der Waals surface area contributed by atoms with E-state index in [9.17, 15) is 0 Å². The number of hydrogen-bond donors (Lipinski definition) is 2. The largest absolute Gasteiger partial charge is 0.369 e. The number of hydrogen-bond acceptors (Lipinski definition) is 4. The average molecular weight is 168 g/mol. The first kappa shape index (κ1) is 8.73. The predicted molar refractivity (Wildman–Crippen MR) is 45.6 cm³/mol. The predicted octanol–water partition coefficient (Wildman–Crippen LogP) is 0.432.